The molecule has 0 aromatic rings. The summed E-state index contributed by atoms with van der Waals surface area (Å²) >= 11 is 0. The van der Waals surface area contributed by atoms with Crippen LogP contribution in [0.2, 0.25) is 0 Å². The maximum Gasteiger partial charge on any atom is 0.0613 e. The molecule has 1 aliphatic rings. The van der Waals surface area contributed by atoms with Crippen molar-refractivity contribution in [3.05, 3.63) is 12.7 Å². The zero-order valence-corrected chi connectivity index (χ0v) is 7.68. The molecule has 0 aliphatic heterocycles. The second-order valence-electron chi connectivity index (χ2n) is 3.65. The van der Waals surface area contributed by atoms with E-state index in [0.29, 0.717) is 6.61 Å². The van der Waals surface area contributed by atoms with Crippen LogP contribution in [-0.4, -0.2) is 23.8 Å². The molecule has 1 saturated carbocycles. The third kappa shape index (κ3) is 2.32. The molecule has 0 spiro atoms. The third-order valence-corrected chi connectivity index (χ3v) is 2.70. The highest BCUT2D eigenvalue weighted by atomic mass is 16.3. The van der Waals surface area contributed by atoms with E-state index >= 15 is 0 Å². The minimum atomic E-state index is 0.0845. The minimum absolute atomic E-state index is 0.0845. The molecule has 1 fully saturated rings. The number of aliphatic hydroxyl groups excluding tert-OH is 1. The highest BCUT2D eigenvalue weighted by molar-refractivity contribution is 4.95. The molecule has 0 saturated heterocycles. The normalized spacial score (nSPS) is 20.1. The average molecular weight is 169 g/mol. The maximum atomic E-state index is 9.11. The number of unbranched alkanes of at least 4 members (excludes halogenated alkanes) is 1. The van der Waals surface area contributed by atoms with Gasteiger partial charge >= 0.3 is 0 Å². The average Bonchev–Trinajstić information content (AvgIpc) is 2.02. The van der Waals surface area contributed by atoms with E-state index in [9.17, 15) is 0 Å². The molecule has 12 heavy (non-hydrogen) atoms. The summed E-state index contributed by atoms with van der Waals surface area (Å²) in [5.74, 6) is 0. The largest absolute Gasteiger partial charge is 0.394 e. The highest BCUT2D eigenvalue weighted by Crippen LogP contribution is 2.30. The lowest BCUT2D eigenvalue weighted by Crippen LogP contribution is -2.54. The van der Waals surface area contributed by atoms with Gasteiger partial charge in [0.15, 0.2) is 0 Å². The first-order valence-electron chi connectivity index (χ1n) is 4.80. The third-order valence-electron chi connectivity index (χ3n) is 2.70. The molecular formula is C10H19NO. The standard InChI is InChI=1S/C10H19NO/c1-2-3-4-8-11-10(9-12)6-5-7-10/h2,11-12H,1,3-9H2. The number of rotatable bonds is 6. The Morgan fingerprint density at radius 3 is 2.67 bits per heavy atom. The van der Waals surface area contributed by atoms with Crippen LogP contribution in [0.3, 0.4) is 0 Å². The Bertz CT molecular complexity index is 135. The predicted molar refractivity (Wildman–Crippen MR) is 51.1 cm³/mol. The van der Waals surface area contributed by atoms with Gasteiger partial charge in [-0.15, -0.1) is 6.58 Å². The summed E-state index contributed by atoms with van der Waals surface area (Å²) in [6.45, 7) is 4.97. The van der Waals surface area contributed by atoms with E-state index in [1.165, 1.54) is 6.42 Å². The smallest absolute Gasteiger partial charge is 0.0613 e. The van der Waals surface area contributed by atoms with E-state index in [2.05, 4.69) is 11.9 Å². The second kappa shape index (κ2) is 4.63. The van der Waals surface area contributed by atoms with Gasteiger partial charge in [0.1, 0.15) is 0 Å². The Labute approximate surface area is 74.7 Å². The van der Waals surface area contributed by atoms with Gasteiger partial charge < -0.3 is 10.4 Å². The summed E-state index contributed by atoms with van der Waals surface area (Å²) in [5, 5.41) is 12.5. The minimum Gasteiger partial charge on any atom is -0.394 e. The van der Waals surface area contributed by atoms with Gasteiger partial charge in [-0.1, -0.05) is 6.08 Å². The molecule has 2 nitrogen and oxygen atoms in total. The SMILES string of the molecule is C=CCCCNC1(CO)CCC1. The lowest BCUT2D eigenvalue weighted by Gasteiger charge is -2.41. The van der Waals surface area contributed by atoms with Crippen molar-refractivity contribution in [3.63, 3.8) is 0 Å². The van der Waals surface area contributed by atoms with Crippen LogP contribution in [0.5, 0.6) is 0 Å². The van der Waals surface area contributed by atoms with Crippen molar-refractivity contribution >= 4 is 0 Å². The summed E-state index contributed by atoms with van der Waals surface area (Å²) in [7, 11) is 0. The van der Waals surface area contributed by atoms with Crippen LogP contribution in [0.4, 0.5) is 0 Å². The molecule has 0 amide bonds. The zero-order chi connectivity index (χ0) is 8.86. The molecular weight excluding hydrogens is 150 g/mol. The van der Waals surface area contributed by atoms with Crippen molar-refractivity contribution in [3.8, 4) is 0 Å². The molecule has 2 N–H and O–H groups in total. The molecule has 1 rings (SSSR count). The summed E-state index contributed by atoms with van der Waals surface area (Å²) in [6.07, 6.45) is 7.66. The number of aliphatic hydroxyl groups is 1. The number of hydrogen-bond acceptors (Lipinski definition) is 2. The molecule has 0 heterocycles. The van der Waals surface area contributed by atoms with Gasteiger partial charge in [0.2, 0.25) is 0 Å². The summed E-state index contributed by atoms with van der Waals surface area (Å²) in [5.41, 5.74) is 0.0845. The molecule has 1 aliphatic carbocycles. The predicted octanol–water partition coefficient (Wildman–Crippen LogP) is 1.46. The molecule has 0 aromatic carbocycles. The van der Waals surface area contributed by atoms with Crippen LogP contribution in [-0.2, 0) is 0 Å². The van der Waals surface area contributed by atoms with E-state index in [0.717, 1.165) is 32.2 Å². The monoisotopic (exact) mass is 169 g/mol. The molecule has 0 bridgehead atoms. The van der Waals surface area contributed by atoms with E-state index in [1.807, 2.05) is 6.08 Å². The lowest BCUT2D eigenvalue weighted by molar-refractivity contribution is 0.0889. The van der Waals surface area contributed by atoms with Crippen LogP contribution in [0, 0.1) is 0 Å². The molecule has 0 aromatic heterocycles. The van der Waals surface area contributed by atoms with Gasteiger partial charge in [-0.25, -0.2) is 0 Å². The Hall–Kier alpha value is -0.340. The van der Waals surface area contributed by atoms with Crippen molar-refractivity contribution < 1.29 is 5.11 Å². The number of allylic oxidation sites excluding steroid dienone is 1. The number of hydrogen-bond donors (Lipinski definition) is 2. The van der Waals surface area contributed by atoms with Crippen LogP contribution in [0.15, 0.2) is 12.7 Å². The van der Waals surface area contributed by atoms with E-state index < -0.39 is 0 Å². The van der Waals surface area contributed by atoms with Gasteiger partial charge in [0.25, 0.3) is 0 Å². The molecule has 0 unspecified atom stereocenters. The van der Waals surface area contributed by atoms with Crippen molar-refractivity contribution in [1.82, 2.24) is 5.32 Å². The van der Waals surface area contributed by atoms with E-state index in [4.69, 9.17) is 5.11 Å². The first-order valence-corrected chi connectivity index (χ1v) is 4.80. The van der Waals surface area contributed by atoms with Gasteiger partial charge in [-0.05, 0) is 38.6 Å². The zero-order valence-electron chi connectivity index (χ0n) is 7.68. The molecule has 0 atom stereocenters. The highest BCUT2D eigenvalue weighted by Gasteiger charge is 2.35. The summed E-state index contributed by atoms with van der Waals surface area (Å²) < 4.78 is 0. The Morgan fingerprint density at radius 2 is 2.25 bits per heavy atom. The van der Waals surface area contributed by atoms with Crippen LogP contribution < -0.4 is 5.32 Å². The first kappa shape index (κ1) is 9.75. The van der Waals surface area contributed by atoms with Crippen LogP contribution in [0.1, 0.15) is 32.1 Å². The van der Waals surface area contributed by atoms with Crippen molar-refractivity contribution in [1.29, 1.82) is 0 Å². The Balaban J connectivity index is 2.07. The van der Waals surface area contributed by atoms with Crippen molar-refractivity contribution in [2.75, 3.05) is 13.2 Å². The van der Waals surface area contributed by atoms with Gasteiger partial charge in [-0.2, -0.15) is 0 Å². The van der Waals surface area contributed by atoms with Crippen molar-refractivity contribution in [2.45, 2.75) is 37.6 Å². The van der Waals surface area contributed by atoms with E-state index in [-0.39, 0.29) is 5.54 Å². The summed E-state index contributed by atoms with van der Waals surface area (Å²) in [4.78, 5) is 0. The maximum absolute atomic E-state index is 9.11. The fourth-order valence-electron chi connectivity index (χ4n) is 1.59. The molecule has 2 heteroatoms. The summed E-state index contributed by atoms with van der Waals surface area (Å²) in [6, 6.07) is 0. The lowest BCUT2D eigenvalue weighted by atomic mass is 9.77. The second-order valence-corrected chi connectivity index (χ2v) is 3.65. The quantitative estimate of drug-likeness (QED) is 0.466. The molecule has 70 valence electrons. The van der Waals surface area contributed by atoms with Gasteiger partial charge in [0, 0.05) is 5.54 Å². The molecule has 0 radical (unpaired) electrons. The Morgan fingerprint density at radius 1 is 1.50 bits per heavy atom. The van der Waals surface area contributed by atoms with E-state index in [1.54, 1.807) is 0 Å². The van der Waals surface area contributed by atoms with Gasteiger partial charge in [-0.3, -0.25) is 0 Å². The fourth-order valence-corrected chi connectivity index (χ4v) is 1.59. The van der Waals surface area contributed by atoms with Gasteiger partial charge in [0.05, 0.1) is 6.61 Å². The topological polar surface area (TPSA) is 32.3 Å². The first-order chi connectivity index (χ1) is 5.83. The van der Waals surface area contributed by atoms with Crippen LogP contribution >= 0.6 is 0 Å². The van der Waals surface area contributed by atoms with Crippen LogP contribution in [0.25, 0.3) is 0 Å². The number of nitrogens with one attached hydrogen (secondary N) is 1. The Kier molecular flexibility index (Phi) is 3.76. The fraction of sp³-hybridized carbons (Fsp3) is 0.800. The van der Waals surface area contributed by atoms with Crippen molar-refractivity contribution in [2.24, 2.45) is 0 Å².